The fourth-order valence-corrected chi connectivity index (χ4v) is 10.9. The number of ether oxygens (including phenoxy) is 3. The summed E-state index contributed by atoms with van der Waals surface area (Å²) >= 11 is 0. The fourth-order valence-electron chi connectivity index (χ4n) is 10.9. The minimum absolute atomic E-state index is 0.0151. The van der Waals surface area contributed by atoms with E-state index in [-0.39, 0.29) is 48.0 Å². The van der Waals surface area contributed by atoms with Gasteiger partial charge in [-0.25, -0.2) is 0 Å². The summed E-state index contributed by atoms with van der Waals surface area (Å²) in [6, 6.07) is 0. The Kier molecular flexibility index (Phi) is 10.0. The summed E-state index contributed by atoms with van der Waals surface area (Å²) in [5, 5.41) is 77.1. The number of rotatable bonds is 9. The minimum atomic E-state index is -1.24. The van der Waals surface area contributed by atoms with E-state index in [4.69, 9.17) is 14.2 Å². The number of aliphatic hydroxyl groups is 7. The van der Waals surface area contributed by atoms with Crippen LogP contribution in [0.4, 0.5) is 0 Å². The maximum atomic E-state index is 12.5. The molecule has 4 aliphatic carbocycles. The number of aliphatic hydroxyl groups excluding tert-OH is 6. The first-order valence-corrected chi connectivity index (χ1v) is 16.8. The van der Waals surface area contributed by atoms with Crippen molar-refractivity contribution in [3.8, 4) is 0 Å². The van der Waals surface area contributed by atoms with E-state index >= 15 is 0 Å². The van der Waals surface area contributed by atoms with Crippen molar-refractivity contribution < 1.29 is 50.0 Å². The molecule has 0 amide bonds. The number of fused-ring (bicyclic) bond motifs is 5. The highest BCUT2D eigenvalue weighted by atomic mass is 16.7. The number of hydrogen-bond acceptors (Lipinski definition) is 10. The third kappa shape index (κ3) is 5.63. The van der Waals surface area contributed by atoms with Gasteiger partial charge in [0.1, 0.15) is 18.3 Å². The normalized spacial score (nSPS) is 52.0. The van der Waals surface area contributed by atoms with Gasteiger partial charge in [0.25, 0.3) is 0 Å². The van der Waals surface area contributed by atoms with E-state index in [2.05, 4.69) is 27.4 Å². The summed E-state index contributed by atoms with van der Waals surface area (Å²) in [5.74, 6) is -0.558. The van der Waals surface area contributed by atoms with Crippen LogP contribution >= 0.6 is 0 Å². The average molecular weight is 627 g/mol. The molecule has 254 valence electrons. The zero-order chi connectivity index (χ0) is 32.4. The van der Waals surface area contributed by atoms with Gasteiger partial charge in [-0.2, -0.15) is 0 Å². The summed E-state index contributed by atoms with van der Waals surface area (Å²) in [4.78, 5) is 0. The lowest BCUT2D eigenvalue weighted by Crippen LogP contribution is -2.70. The molecular weight excluding hydrogens is 568 g/mol. The van der Waals surface area contributed by atoms with Gasteiger partial charge in [-0.05, 0) is 73.5 Å². The molecule has 0 bridgehead atoms. The number of hydrogen-bond donors (Lipinski definition) is 7. The van der Waals surface area contributed by atoms with Crippen molar-refractivity contribution in [2.75, 3.05) is 20.3 Å². The van der Waals surface area contributed by atoms with E-state index in [1.165, 1.54) is 7.11 Å². The van der Waals surface area contributed by atoms with Crippen molar-refractivity contribution in [2.45, 2.75) is 134 Å². The molecule has 0 aromatic rings. The summed E-state index contributed by atoms with van der Waals surface area (Å²) in [6.45, 7) is 13.2. The van der Waals surface area contributed by atoms with Crippen LogP contribution in [0.25, 0.3) is 0 Å². The molecule has 17 unspecified atom stereocenters. The van der Waals surface area contributed by atoms with Crippen molar-refractivity contribution in [1.29, 1.82) is 0 Å². The molecule has 10 nitrogen and oxygen atoms in total. The van der Waals surface area contributed by atoms with Crippen LogP contribution in [0.2, 0.25) is 0 Å². The third-order valence-corrected chi connectivity index (χ3v) is 13.3. The third-order valence-electron chi connectivity index (χ3n) is 13.3. The standard InChI is InChI=1S/C34H58O10/c1-17(19(3)15-43-31-28(40)29(42-6)24(38)16-44-31)7-8-18(2)20-13-22(36)30-32(20,4)12-10-25-33(5)11-9-21(35)27(39)26(33)23(37)14-34(25,30)41/h18-31,35-41H,1,7-16H2,2-6H3. The lowest BCUT2D eigenvalue weighted by atomic mass is 9.41. The largest absolute Gasteiger partial charge is 0.393 e. The van der Waals surface area contributed by atoms with Crippen LogP contribution in [0.1, 0.15) is 79.1 Å². The lowest BCUT2D eigenvalue weighted by molar-refractivity contribution is -0.280. The first-order chi connectivity index (χ1) is 20.6. The molecule has 0 aromatic carbocycles. The maximum Gasteiger partial charge on any atom is 0.186 e. The van der Waals surface area contributed by atoms with Crippen molar-refractivity contribution in [3.63, 3.8) is 0 Å². The fraction of sp³-hybridized carbons (Fsp3) is 0.941. The van der Waals surface area contributed by atoms with Crippen LogP contribution in [0, 0.1) is 46.3 Å². The zero-order valence-electron chi connectivity index (χ0n) is 27.2. The Hall–Kier alpha value is -0.660. The van der Waals surface area contributed by atoms with Gasteiger partial charge in [0, 0.05) is 31.3 Å². The second-order valence-electron chi connectivity index (χ2n) is 15.7. The molecule has 0 spiro atoms. The number of methoxy groups -OCH3 is 1. The summed E-state index contributed by atoms with van der Waals surface area (Å²) in [5.41, 5.74) is -1.03. The van der Waals surface area contributed by atoms with Crippen LogP contribution in [0.3, 0.4) is 0 Å². The van der Waals surface area contributed by atoms with Crippen molar-refractivity contribution in [3.05, 3.63) is 12.2 Å². The monoisotopic (exact) mass is 626 g/mol. The van der Waals surface area contributed by atoms with Gasteiger partial charge in [-0.3, -0.25) is 0 Å². The van der Waals surface area contributed by atoms with Gasteiger partial charge >= 0.3 is 0 Å². The van der Waals surface area contributed by atoms with Crippen molar-refractivity contribution in [1.82, 2.24) is 0 Å². The summed E-state index contributed by atoms with van der Waals surface area (Å²) in [6.07, 6.45) is -2.11. The Bertz CT molecular complexity index is 1030. The molecule has 5 rings (SSSR count). The quantitative estimate of drug-likeness (QED) is 0.187. The van der Waals surface area contributed by atoms with E-state index in [1.54, 1.807) is 0 Å². The topological polar surface area (TPSA) is 169 Å². The Balaban J connectivity index is 1.21. The van der Waals surface area contributed by atoms with Gasteiger partial charge in [-0.15, -0.1) is 0 Å². The van der Waals surface area contributed by atoms with Gasteiger partial charge < -0.3 is 50.0 Å². The molecule has 1 heterocycles. The molecule has 0 radical (unpaired) electrons. The van der Waals surface area contributed by atoms with E-state index in [0.29, 0.717) is 25.9 Å². The Labute approximate surface area is 262 Å². The van der Waals surface area contributed by atoms with Gasteiger partial charge in [-0.1, -0.05) is 39.8 Å². The molecule has 1 saturated heterocycles. The van der Waals surface area contributed by atoms with Crippen LogP contribution in [-0.2, 0) is 14.2 Å². The van der Waals surface area contributed by atoms with E-state index < -0.39 is 66.0 Å². The Morgan fingerprint density at radius 3 is 2.30 bits per heavy atom. The zero-order valence-corrected chi connectivity index (χ0v) is 27.2. The maximum absolute atomic E-state index is 12.5. The summed E-state index contributed by atoms with van der Waals surface area (Å²) in [7, 11) is 1.44. The second-order valence-corrected chi connectivity index (χ2v) is 15.7. The van der Waals surface area contributed by atoms with Crippen LogP contribution in [0.5, 0.6) is 0 Å². The molecular formula is C34H58O10. The molecule has 1 aliphatic heterocycles. The predicted octanol–water partition coefficient (Wildman–Crippen LogP) is 1.75. The second kappa shape index (κ2) is 12.7. The van der Waals surface area contributed by atoms with Crippen molar-refractivity contribution in [2.24, 2.45) is 46.3 Å². The first-order valence-electron chi connectivity index (χ1n) is 16.8. The Morgan fingerprint density at radius 1 is 0.932 bits per heavy atom. The average Bonchev–Trinajstić information content (AvgIpc) is 3.24. The van der Waals surface area contributed by atoms with E-state index in [1.807, 2.05) is 6.92 Å². The van der Waals surface area contributed by atoms with Gasteiger partial charge in [0.15, 0.2) is 6.29 Å². The molecule has 0 aromatic heterocycles. The minimum Gasteiger partial charge on any atom is -0.393 e. The molecule has 5 aliphatic rings. The van der Waals surface area contributed by atoms with Gasteiger partial charge in [0.2, 0.25) is 0 Å². The lowest BCUT2D eigenvalue weighted by Gasteiger charge is -2.66. The SMILES string of the molecule is C=C(CCC(C)C1CC(O)C2C1(C)CCC1C3(C)CCC(O)C(O)C3C(O)CC12O)C(C)COC1OCC(O)C(OC)C1O. The highest BCUT2D eigenvalue weighted by Crippen LogP contribution is 2.69. The molecule has 10 heteroatoms. The van der Waals surface area contributed by atoms with E-state index in [0.717, 1.165) is 31.3 Å². The molecule has 5 fully saturated rings. The van der Waals surface area contributed by atoms with Crippen LogP contribution in [0.15, 0.2) is 12.2 Å². The molecule has 17 atom stereocenters. The smallest absolute Gasteiger partial charge is 0.186 e. The highest BCUT2D eigenvalue weighted by molar-refractivity contribution is 5.21. The Morgan fingerprint density at radius 2 is 1.61 bits per heavy atom. The van der Waals surface area contributed by atoms with Crippen LogP contribution in [-0.4, -0.2) is 111 Å². The molecule has 44 heavy (non-hydrogen) atoms. The molecule has 4 saturated carbocycles. The first kappa shape index (κ1) is 34.7. The van der Waals surface area contributed by atoms with Crippen molar-refractivity contribution >= 4 is 0 Å². The highest BCUT2D eigenvalue weighted by Gasteiger charge is 2.71. The molecule has 7 N–H and O–H groups in total. The predicted molar refractivity (Wildman–Crippen MR) is 162 cm³/mol. The summed E-state index contributed by atoms with van der Waals surface area (Å²) < 4.78 is 16.5. The van der Waals surface area contributed by atoms with Crippen LogP contribution < -0.4 is 0 Å². The van der Waals surface area contributed by atoms with Gasteiger partial charge in [0.05, 0.1) is 43.2 Å². The van der Waals surface area contributed by atoms with E-state index in [9.17, 15) is 35.7 Å².